The number of rotatable bonds is 3. The number of hydrogen-bond acceptors (Lipinski definition) is 2. The molecule has 0 atom stereocenters. The van der Waals surface area contributed by atoms with E-state index in [9.17, 15) is 4.79 Å². The van der Waals surface area contributed by atoms with Crippen LogP contribution in [0.2, 0.25) is 0 Å². The summed E-state index contributed by atoms with van der Waals surface area (Å²) in [6, 6.07) is 0. The van der Waals surface area contributed by atoms with Crippen molar-refractivity contribution in [1.29, 1.82) is 0 Å². The van der Waals surface area contributed by atoms with E-state index in [1.165, 1.54) is 0 Å². The lowest BCUT2D eigenvalue weighted by atomic mass is 10.4. The summed E-state index contributed by atoms with van der Waals surface area (Å²) < 4.78 is 2.56. The van der Waals surface area contributed by atoms with E-state index in [0.29, 0.717) is 17.7 Å². The molecule has 0 aliphatic carbocycles. The number of nitrogens with zero attached hydrogens (tertiary/aromatic N) is 2. The van der Waals surface area contributed by atoms with E-state index in [2.05, 4.69) is 4.98 Å². The van der Waals surface area contributed by atoms with Crippen LogP contribution in [0.25, 0.3) is 0 Å². The Labute approximate surface area is 88.5 Å². The molecule has 1 rings (SSSR count). The Hall–Kier alpha value is -1.10. The number of carbonyl (C=O) groups excluding carboxylic acids is 1. The van der Waals surface area contributed by atoms with Crippen LogP contribution in [0.5, 0.6) is 0 Å². The van der Waals surface area contributed by atoms with E-state index in [4.69, 9.17) is 12.2 Å². The number of nitrogens with one attached hydrogen (secondary N) is 1. The van der Waals surface area contributed by atoms with Gasteiger partial charge in [-0.3, -0.25) is 4.79 Å². The Morgan fingerprint density at radius 2 is 2.29 bits per heavy atom. The summed E-state index contributed by atoms with van der Waals surface area (Å²) in [5.41, 5.74) is 1.02. The molecule has 0 saturated heterocycles. The molecule has 0 saturated carbocycles. The zero-order chi connectivity index (χ0) is 10.7. The summed E-state index contributed by atoms with van der Waals surface area (Å²) in [4.78, 5) is 15.9. The molecule has 0 aliphatic heterocycles. The monoisotopic (exact) mass is 213 g/mol. The predicted molar refractivity (Wildman–Crippen MR) is 57.7 cm³/mol. The van der Waals surface area contributed by atoms with Crippen molar-refractivity contribution in [3.05, 3.63) is 16.7 Å². The Balaban J connectivity index is 2.58. The van der Waals surface area contributed by atoms with E-state index < -0.39 is 0 Å². The summed E-state index contributed by atoms with van der Waals surface area (Å²) in [6.07, 6.45) is 2.41. The molecule has 1 aromatic heterocycles. The number of H-pyrrole nitrogens is 1. The van der Waals surface area contributed by atoms with Crippen molar-refractivity contribution in [1.82, 2.24) is 14.5 Å². The van der Waals surface area contributed by atoms with Gasteiger partial charge in [0.1, 0.15) is 0 Å². The van der Waals surface area contributed by atoms with Crippen LogP contribution >= 0.6 is 12.2 Å². The normalized spacial score (nSPS) is 10.2. The highest BCUT2D eigenvalue weighted by molar-refractivity contribution is 7.71. The largest absolute Gasteiger partial charge is 0.349 e. The van der Waals surface area contributed by atoms with Crippen molar-refractivity contribution in [3.8, 4) is 0 Å². The molecule has 0 unspecified atom stereocenters. The fourth-order valence-electron chi connectivity index (χ4n) is 1.17. The maximum atomic E-state index is 11.3. The lowest BCUT2D eigenvalue weighted by Crippen LogP contribution is -2.22. The van der Waals surface area contributed by atoms with Gasteiger partial charge in [-0.25, -0.2) is 0 Å². The van der Waals surface area contributed by atoms with Gasteiger partial charge < -0.3 is 14.5 Å². The summed E-state index contributed by atoms with van der Waals surface area (Å²) in [6.45, 7) is 2.58. The highest BCUT2D eigenvalue weighted by Crippen LogP contribution is 1.99. The summed E-state index contributed by atoms with van der Waals surface area (Å²) >= 11 is 5.07. The first kappa shape index (κ1) is 11.0. The molecule has 1 amide bonds. The molecule has 0 aliphatic rings. The van der Waals surface area contributed by atoms with Crippen LogP contribution in [0, 0.1) is 11.7 Å². The third-order valence-corrected chi connectivity index (χ3v) is 2.32. The van der Waals surface area contributed by atoms with Gasteiger partial charge in [-0.15, -0.1) is 0 Å². The summed E-state index contributed by atoms with van der Waals surface area (Å²) in [5, 5.41) is 0. The molecular weight excluding hydrogens is 198 g/mol. The second-order valence-electron chi connectivity index (χ2n) is 3.47. The maximum Gasteiger partial charge on any atom is 0.223 e. The molecule has 0 spiro atoms. The number of imidazole rings is 1. The Morgan fingerprint density at radius 1 is 1.64 bits per heavy atom. The van der Waals surface area contributed by atoms with Gasteiger partial charge in [0.25, 0.3) is 0 Å². The molecular formula is C9H15N3OS. The minimum Gasteiger partial charge on any atom is -0.349 e. The fraction of sp³-hybridized carbons (Fsp3) is 0.556. The summed E-state index contributed by atoms with van der Waals surface area (Å²) in [7, 11) is 3.51. The fourth-order valence-corrected chi connectivity index (χ4v) is 1.48. The SMILES string of the molecule is Cc1cn(CCC(=O)N(C)C)c(=S)[nH]1. The van der Waals surface area contributed by atoms with Crippen molar-refractivity contribution in [2.75, 3.05) is 14.1 Å². The van der Waals surface area contributed by atoms with Gasteiger partial charge in [0.2, 0.25) is 5.91 Å². The topological polar surface area (TPSA) is 41.0 Å². The number of aromatic amines is 1. The minimum absolute atomic E-state index is 0.116. The highest BCUT2D eigenvalue weighted by atomic mass is 32.1. The predicted octanol–water partition coefficient (Wildman–Crippen LogP) is 1.33. The Kier molecular flexibility index (Phi) is 3.46. The standard InChI is InChI=1S/C9H15N3OS/c1-7-6-12(9(14)10-7)5-4-8(13)11(2)3/h6H,4-5H2,1-3H3,(H,10,14). The van der Waals surface area contributed by atoms with Crippen LogP contribution in [0.1, 0.15) is 12.1 Å². The first-order chi connectivity index (χ1) is 6.50. The van der Waals surface area contributed by atoms with Crippen LogP contribution in [0.3, 0.4) is 0 Å². The third-order valence-electron chi connectivity index (χ3n) is 1.98. The molecule has 4 nitrogen and oxygen atoms in total. The second-order valence-corrected chi connectivity index (χ2v) is 3.86. The summed E-state index contributed by atoms with van der Waals surface area (Å²) in [5.74, 6) is 0.116. The van der Waals surface area contributed by atoms with Crippen molar-refractivity contribution < 1.29 is 4.79 Å². The first-order valence-corrected chi connectivity index (χ1v) is 4.87. The first-order valence-electron chi connectivity index (χ1n) is 4.47. The molecule has 1 N–H and O–H groups in total. The van der Waals surface area contributed by atoms with Crippen molar-refractivity contribution >= 4 is 18.1 Å². The van der Waals surface area contributed by atoms with Crippen molar-refractivity contribution in [3.63, 3.8) is 0 Å². The van der Waals surface area contributed by atoms with Crippen LogP contribution in [-0.4, -0.2) is 34.5 Å². The lowest BCUT2D eigenvalue weighted by molar-refractivity contribution is -0.128. The van der Waals surface area contributed by atoms with E-state index in [0.717, 1.165) is 5.69 Å². The van der Waals surface area contributed by atoms with Crippen molar-refractivity contribution in [2.45, 2.75) is 19.9 Å². The minimum atomic E-state index is 0.116. The molecule has 14 heavy (non-hydrogen) atoms. The van der Waals surface area contributed by atoms with Crippen LogP contribution in [-0.2, 0) is 11.3 Å². The average molecular weight is 213 g/mol. The zero-order valence-corrected chi connectivity index (χ0v) is 9.52. The van der Waals surface area contributed by atoms with Gasteiger partial charge in [0, 0.05) is 39.0 Å². The van der Waals surface area contributed by atoms with E-state index in [1.807, 2.05) is 17.7 Å². The number of aromatic nitrogens is 2. The van der Waals surface area contributed by atoms with Crippen LogP contribution in [0.4, 0.5) is 0 Å². The van der Waals surface area contributed by atoms with Gasteiger partial charge in [-0.2, -0.15) is 0 Å². The Morgan fingerprint density at radius 3 is 2.71 bits per heavy atom. The number of hydrogen-bond donors (Lipinski definition) is 1. The number of amides is 1. The molecule has 78 valence electrons. The Bertz CT molecular complexity index is 378. The van der Waals surface area contributed by atoms with Gasteiger partial charge in [-0.1, -0.05) is 0 Å². The highest BCUT2D eigenvalue weighted by Gasteiger charge is 2.04. The quantitative estimate of drug-likeness (QED) is 0.770. The van der Waals surface area contributed by atoms with Gasteiger partial charge in [0.05, 0.1) is 0 Å². The van der Waals surface area contributed by atoms with Gasteiger partial charge >= 0.3 is 0 Å². The van der Waals surface area contributed by atoms with Crippen molar-refractivity contribution in [2.24, 2.45) is 0 Å². The molecule has 0 bridgehead atoms. The van der Waals surface area contributed by atoms with Crippen LogP contribution in [0.15, 0.2) is 6.20 Å². The van der Waals surface area contributed by atoms with Gasteiger partial charge in [0.15, 0.2) is 4.77 Å². The molecule has 1 heterocycles. The lowest BCUT2D eigenvalue weighted by Gasteiger charge is -2.09. The molecule has 1 aromatic rings. The smallest absolute Gasteiger partial charge is 0.223 e. The average Bonchev–Trinajstić information content (AvgIpc) is 2.40. The molecule has 0 radical (unpaired) electrons. The number of aryl methyl sites for hydroxylation is 2. The third kappa shape index (κ3) is 2.70. The molecule has 0 fully saturated rings. The molecule has 0 aromatic carbocycles. The number of carbonyl (C=O) groups is 1. The van der Waals surface area contributed by atoms with E-state index >= 15 is 0 Å². The maximum absolute atomic E-state index is 11.3. The zero-order valence-electron chi connectivity index (χ0n) is 8.70. The van der Waals surface area contributed by atoms with E-state index in [1.54, 1.807) is 19.0 Å². The van der Waals surface area contributed by atoms with Gasteiger partial charge in [-0.05, 0) is 19.1 Å². The van der Waals surface area contributed by atoms with Crippen LogP contribution < -0.4 is 0 Å². The van der Waals surface area contributed by atoms with E-state index in [-0.39, 0.29) is 5.91 Å². The molecule has 5 heteroatoms. The second kappa shape index (κ2) is 4.41.